The van der Waals surface area contributed by atoms with E-state index in [1.165, 1.54) is 21.8 Å². The van der Waals surface area contributed by atoms with Crippen molar-refractivity contribution < 1.29 is 32.2 Å². The van der Waals surface area contributed by atoms with Crippen LogP contribution in [0.4, 0.5) is 18.0 Å². The third-order valence-electron chi connectivity index (χ3n) is 8.01. The largest absolute Gasteiger partial charge is 0.451 e. The predicted molar refractivity (Wildman–Crippen MR) is 153 cm³/mol. The van der Waals surface area contributed by atoms with Crippen molar-refractivity contribution in [1.29, 1.82) is 0 Å². The van der Waals surface area contributed by atoms with Gasteiger partial charge < -0.3 is 19.3 Å². The van der Waals surface area contributed by atoms with E-state index in [1.54, 1.807) is 16.8 Å². The Bertz CT molecular complexity index is 1560. The molecule has 3 aromatic rings. The molecule has 3 aliphatic heterocycles. The zero-order chi connectivity index (χ0) is 30.3. The minimum atomic E-state index is -4.74. The summed E-state index contributed by atoms with van der Waals surface area (Å²) in [6.45, 7) is 0.868. The summed E-state index contributed by atoms with van der Waals surface area (Å²) < 4.78 is 54.6. The van der Waals surface area contributed by atoms with Crippen molar-refractivity contribution in [2.24, 2.45) is 0 Å². The van der Waals surface area contributed by atoms with Crippen LogP contribution in [0, 0.1) is 0 Å². The Morgan fingerprint density at radius 3 is 2.47 bits per heavy atom. The van der Waals surface area contributed by atoms with Crippen LogP contribution in [0.3, 0.4) is 0 Å². The maximum absolute atomic E-state index is 14.1. The molecule has 6 rings (SSSR count). The number of benzene rings is 2. The second-order valence-electron chi connectivity index (χ2n) is 10.6. The first-order chi connectivity index (χ1) is 20.6. The fourth-order valence-corrected chi connectivity index (χ4v) is 6.80. The molecule has 0 aliphatic carbocycles. The number of halogens is 3. The number of alkyl halides is 3. The van der Waals surface area contributed by atoms with Crippen molar-refractivity contribution in [3.8, 4) is 5.75 Å². The van der Waals surface area contributed by atoms with Gasteiger partial charge in [0.1, 0.15) is 12.7 Å². The number of carbonyl (C=O) groups excluding carboxylic acids is 2. The van der Waals surface area contributed by atoms with Crippen molar-refractivity contribution in [2.45, 2.75) is 48.7 Å². The first-order valence-corrected chi connectivity index (χ1v) is 14.9. The average Bonchev–Trinajstić information content (AvgIpc) is 3.48. The number of rotatable bonds is 5. The molecular weight excluding hydrogens is 585 g/mol. The molecule has 2 atom stereocenters. The fourth-order valence-electron chi connectivity index (χ4n) is 5.71. The molecule has 1 aromatic heterocycles. The van der Waals surface area contributed by atoms with Crippen LogP contribution in [0.1, 0.15) is 53.0 Å². The van der Waals surface area contributed by atoms with E-state index in [2.05, 4.69) is 0 Å². The Hall–Kier alpha value is -4.13. The number of hydrogen-bond donors (Lipinski definition) is 0. The van der Waals surface area contributed by atoms with Gasteiger partial charge >= 0.3 is 12.3 Å². The highest BCUT2D eigenvalue weighted by molar-refractivity contribution is 7.98. The van der Waals surface area contributed by atoms with Gasteiger partial charge in [-0.3, -0.25) is 19.3 Å². The van der Waals surface area contributed by atoms with Crippen LogP contribution >= 0.6 is 11.8 Å². The molecule has 13 heteroatoms. The predicted octanol–water partition coefficient (Wildman–Crippen LogP) is 5.11. The molecule has 0 radical (unpaired) electrons. The molecule has 43 heavy (non-hydrogen) atoms. The molecule has 226 valence electrons. The van der Waals surface area contributed by atoms with E-state index in [0.717, 1.165) is 41.4 Å². The van der Waals surface area contributed by atoms with Crippen LogP contribution in [0.15, 0.2) is 70.5 Å². The zero-order valence-electron chi connectivity index (χ0n) is 23.3. The Morgan fingerprint density at radius 2 is 1.72 bits per heavy atom. The molecule has 1 saturated heterocycles. The molecule has 2 aromatic carbocycles. The summed E-state index contributed by atoms with van der Waals surface area (Å²) in [5.41, 5.74) is 1.60. The highest BCUT2D eigenvalue weighted by Crippen LogP contribution is 2.43. The van der Waals surface area contributed by atoms with Gasteiger partial charge in [0.2, 0.25) is 18.0 Å². The molecule has 1 fully saturated rings. The maximum atomic E-state index is 14.1. The Labute approximate surface area is 249 Å². The number of fused-ring (bicyclic) bond motifs is 3. The van der Waals surface area contributed by atoms with Crippen LogP contribution in [0.5, 0.6) is 5.75 Å². The lowest BCUT2D eigenvalue weighted by molar-refractivity contribution is -0.173. The normalized spacial score (nSPS) is 18.8. The van der Waals surface area contributed by atoms with Crippen molar-refractivity contribution in [3.63, 3.8) is 0 Å². The van der Waals surface area contributed by atoms with Gasteiger partial charge in [-0.1, -0.05) is 42.5 Å². The lowest BCUT2D eigenvalue weighted by atomic mass is 9.94. The SMILES string of the molecule is C[C@@H](N1CN([C@H]2c3ccccc3CSc3ccccc32)n2ccc(=O)c(OCOC(=O)N3CCCC3)c2C1=O)C(F)(F)F. The molecule has 0 spiro atoms. The molecular formula is C30H29F3N4O5S. The molecule has 2 amide bonds. The number of ether oxygens (including phenoxy) is 2. The van der Waals surface area contributed by atoms with Crippen LogP contribution in [-0.2, 0) is 10.5 Å². The van der Waals surface area contributed by atoms with E-state index in [-0.39, 0.29) is 5.69 Å². The van der Waals surface area contributed by atoms with Gasteiger partial charge in [-0.15, -0.1) is 11.8 Å². The quantitative estimate of drug-likeness (QED) is 0.369. The van der Waals surface area contributed by atoms with E-state index >= 15 is 0 Å². The highest BCUT2D eigenvalue weighted by Gasteiger charge is 2.48. The molecule has 4 heterocycles. The third-order valence-corrected chi connectivity index (χ3v) is 9.15. The number of thioether (sulfide) groups is 1. The zero-order valence-corrected chi connectivity index (χ0v) is 24.1. The minimum Gasteiger partial charge on any atom is -0.451 e. The van der Waals surface area contributed by atoms with Gasteiger partial charge in [0.05, 0.1) is 6.04 Å². The van der Waals surface area contributed by atoms with E-state index < -0.39 is 54.9 Å². The number of aromatic nitrogens is 1. The second-order valence-corrected chi connectivity index (χ2v) is 11.6. The summed E-state index contributed by atoms with van der Waals surface area (Å²) in [7, 11) is 0. The van der Waals surface area contributed by atoms with Crippen molar-refractivity contribution in [1.82, 2.24) is 14.5 Å². The van der Waals surface area contributed by atoms with Crippen molar-refractivity contribution in [2.75, 3.05) is 31.6 Å². The minimum absolute atomic E-state index is 0.376. The van der Waals surface area contributed by atoms with Gasteiger partial charge in [-0.05, 0) is 42.5 Å². The summed E-state index contributed by atoms with van der Waals surface area (Å²) in [5, 5.41) is 1.64. The van der Waals surface area contributed by atoms with Gasteiger partial charge in [0.15, 0.2) is 5.69 Å². The van der Waals surface area contributed by atoms with E-state index in [1.807, 2.05) is 48.5 Å². The summed E-state index contributed by atoms with van der Waals surface area (Å²) in [5.74, 6) is -0.869. The summed E-state index contributed by atoms with van der Waals surface area (Å²) in [4.78, 5) is 42.4. The van der Waals surface area contributed by atoms with Gasteiger partial charge in [0, 0.05) is 36.0 Å². The summed E-state index contributed by atoms with van der Waals surface area (Å²) in [6.07, 6.45) is -2.32. The lowest BCUT2D eigenvalue weighted by Gasteiger charge is -2.46. The molecule has 0 N–H and O–H groups in total. The van der Waals surface area contributed by atoms with Crippen LogP contribution in [0.25, 0.3) is 0 Å². The van der Waals surface area contributed by atoms with Crippen molar-refractivity contribution >= 4 is 23.8 Å². The molecule has 0 saturated carbocycles. The van der Waals surface area contributed by atoms with E-state index in [4.69, 9.17) is 9.47 Å². The average molecular weight is 615 g/mol. The molecule has 0 bridgehead atoms. The monoisotopic (exact) mass is 614 g/mol. The summed E-state index contributed by atoms with van der Waals surface area (Å²) >= 11 is 1.62. The second kappa shape index (κ2) is 11.5. The Morgan fingerprint density at radius 1 is 1.02 bits per heavy atom. The van der Waals surface area contributed by atoms with Crippen LogP contribution in [0.2, 0.25) is 0 Å². The van der Waals surface area contributed by atoms with Crippen LogP contribution < -0.4 is 15.2 Å². The van der Waals surface area contributed by atoms with Gasteiger partial charge in [-0.25, -0.2) is 4.79 Å². The van der Waals surface area contributed by atoms with E-state index in [0.29, 0.717) is 23.7 Å². The highest BCUT2D eigenvalue weighted by atomic mass is 32.2. The van der Waals surface area contributed by atoms with Crippen molar-refractivity contribution in [3.05, 3.63) is 93.4 Å². The van der Waals surface area contributed by atoms with Crippen LogP contribution in [-0.4, -0.2) is 65.2 Å². The standard InChI is InChI=1S/C30H29F3N4O5S/c1-19(30(31,32)33)35-17-37(25-21-9-3-2-8-20(21)16-43-24-11-5-4-10-22(24)25)36-15-12-23(38)27(26(36)28(35)39)41-18-42-29(40)34-13-6-7-14-34/h2-5,8-12,15,19,25H,6-7,13-14,16-18H2,1H3/t19-,25+/m1/s1. The first-order valence-electron chi connectivity index (χ1n) is 13.9. The van der Waals surface area contributed by atoms with Gasteiger partial charge in [-0.2, -0.15) is 13.2 Å². The number of hydrogen-bond acceptors (Lipinski definition) is 7. The first kappa shape index (κ1) is 29.0. The maximum Gasteiger partial charge on any atom is 0.412 e. The number of amides is 2. The topological polar surface area (TPSA) is 84.3 Å². The van der Waals surface area contributed by atoms with Gasteiger partial charge in [0.25, 0.3) is 5.91 Å². The summed E-state index contributed by atoms with van der Waals surface area (Å²) in [6, 6.07) is 13.7. The fraction of sp³-hybridized carbons (Fsp3) is 0.367. The third kappa shape index (κ3) is 5.41. The number of likely N-dealkylation sites (tertiary alicyclic amines) is 1. The Kier molecular flexibility index (Phi) is 7.75. The molecule has 3 aliphatic rings. The number of pyridine rings is 1. The molecule has 9 nitrogen and oxygen atoms in total. The smallest absolute Gasteiger partial charge is 0.412 e. The lowest BCUT2D eigenvalue weighted by Crippen LogP contribution is -2.60. The number of carbonyl (C=O) groups is 2. The molecule has 0 unspecified atom stereocenters. The number of nitrogens with zero attached hydrogens (tertiary/aromatic N) is 4. The van der Waals surface area contributed by atoms with E-state index in [9.17, 15) is 27.6 Å². The Balaban J connectivity index is 1.47.